The van der Waals surface area contributed by atoms with E-state index in [1.807, 2.05) is 0 Å². The highest BCUT2D eigenvalue weighted by Gasteiger charge is 2.01. The van der Waals surface area contributed by atoms with Gasteiger partial charge in [-0.2, -0.15) is 0 Å². The maximum atomic E-state index is 10.9. The molecule has 0 aliphatic rings. The fraction of sp³-hybridized carbons (Fsp3) is 0.714. The monoisotopic (exact) mass is 207 g/mol. The second-order valence-electron chi connectivity index (χ2n) is 2.61. The normalized spacial score (nSPS) is 9.15. The molecule has 5 nitrogen and oxygen atoms in total. The number of amides is 3. The van der Waals surface area contributed by atoms with Crippen molar-refractivity contribution in [2.45, 2.75) is 0 Å². The highest BCUT2D eigenvalue weighted by Crippen LogP contribution is 1.76. The molecule has 0 aliphatic carbocycles. The lowest BCUT2D eigenvalue weighted by molar-refractivity contribution is -0.118. The molecular formula is C7H14ClN3O2. The number of rotatable bonds is 4. The first kappa shape index (κ1) is 12.0. The Morgan fingerprint density at radius 2 is 1.77 bits per heavy atom. The van der Waals surface area contributed by atoms with Gasteiger partial charge in [0.15, 0.2) is 0 Å². The summed E-state index contributed by atoms with van der Waals surface area (Å²) in [5.74, 6) is -0.289. The van der Waals surface area contributed by atoms with Crippen molar-refractivity contribution in [1.29, 1.82) is 0 Å². The predicted octanol–water partition coefficient (Wildman–Crippen LogP) is -0.387. The van der Waals surface area contributed by atoms with E-state index in [0.717, 1.165) is 0 Å². The molecule has 0 atom stereocenters. The molecule has 0 unspecified atom stereocenters. The van der Waals surface area contributed by atoms with Crippen LogP contribution >= 0.6 is 11.6 Å². The van der Waals surface area contributed by atoms with Gasteiger partial charge in [0.25, 0.3) is 0 Å². The maximum absolute atomic E-state index is 10.9. The average molecular weight is 208 g/mol. The van der Waals surface area contributed by atoms with E-state index in [1.165, 1.54) is 4.90 Å². The molecule has 76 valence electrons. The van der Waals surface area contributed by atoms with Crippen LogP contribution in [0.3, 0.4) is 0 Å². The van der Waals surface area contributed by atoms with Crippen LogP contribution in [0.1, 0.15) is 0 Å². The van der Waals surface area contributed by atoms with Crippen LogP contribution in [0.4, 0.5) is 4.79 Å². The Labute approximate surface area is 82.4 Å². The van der Waals surface area contributed by atoms with Gasteiger partial charge in [-0.05, 0) is 0 Å². The molecule has 0 aromatic rings. The Morgan fingerprint density at radius 1 is 1.23 bits per heavy atom. The Morgan fingerprint density at radius 3 is 2.23 bits per heavy atom. The molecule has 0 saturated carbocycles. The van der Waals surface area contributed by atoms with Gasteiger partial charge in [0.2, 0.25) is 5.91 Å². The highest BCUT2D eigenvalue weighted by atomic mass is 35.5. The molecule has 0 saturated heterocycles. The summed E-state index contributed by atoms with van der Waals surface area (Å²) in [6.07, 6.45) is 0. The molecule has 0 spiro atoms. The van der Waals surface area contributed by atoms with Gasteiger partial charge >= 0.3 is 6.03 Å². The predicted molar refractivity (Wildman–Crippen MR) is 50.8 cm³/mol. The van der Waals surface area contributed by atoms with Crippen molar-refractivity contribution < 1.29 is 9.59 Å². The van der Waals surface area contributed by atoms with E-state index in [-0.39, 0.29) is 17.8 Å². The molecule has 13 heavy (non-hydrogen) atoms. The lowest BCUT2D eigenvalue weighted by Crippen LogP contribution is -2.39. The van der Waals surface area contributed by atoms with Crippen LogP contribution in [0.5, 0.6) is 0 Å². The first-order valence-corrected chi connectivity index (χ1v) is 4.39. The summed E-state index contributed by atoms with van der Waals surface area (Å²) in [5.41, 5.74) is 0. The third kappa shape index (κ3) is 6.21. The first-order valence-electron chi connectivity index (χ1n) is 3.85. The smallest absolute Gasteiger partial charge is 0.316 e. The van der Waals surface area contributed by atoms with Crippen molar-refractivity contribution in [3.05, 3.63) is 0 Å². The third-order valence-corrected chi connectivity index (χ3v) is 1.49. The molecule has 3 amide bonds. The standard InChI is InChI=1S/C7H14ClN3O2/c1-11(2)7(13)10-4-3-9-6(12)5-8/h3-5H2,1-2H3,(H,9,12)(H,10,13). The summed E-state index contributed by atoms with van der Waals surface area (Å²) >= 11 is 5.24. The number of nitrogens with one attached hydrogen (secondary N) is 2. The lowest BCUT2D eigenvalue weighted by atomic mass is 10.5. The topological polar surface area (TPSA) is 61.4 Å². The van der Waals surface area contributed by atoms with Gasteiger partial charge in [-0.25, -0.2) is 4.79 Å². The van der Waals surface area contributed by atoms with E-state index in [2.05, 4.69) is 10.6 Å². The molecule has 0 aromatic heterocycles. The second-order valence-corrected chi connectivity index (χ2v) is 2.88. The number of carbonyl (C=O) groups is 2. The van der Waals surface area contributed by atoms with Crippen LogP contribution in [-0.4, -0.2) is 49.9 Å². The Balaban J connectivity index is 3.36. The molecular weight excluding hydrogens is 194 g/mol. The molecule has 0 bridgehead atoms. The van der Waals surface area contributed by atoms with Crippen molar-refractivity contribution in [2.75, 3.05) is 33.1 Å². The molecule has 0 radical (unpaired) electrons. The first-order chi connectivity index (χ1) is 6.07. The fourth-order valence-electron chi connectivity index (χ4n) is 0.577. The van der Waals surface area contributed by atoms with Crippen molar-refractivity contribution in [3.63, 3.8) is 0 Å². The molecule has 0 rings (SSSR count). The number of nitrogens with zero attached hydrogens (tertiary/aromatic N) is 1. The molecule has 0 aromatic carbocycles. The minimum Gasteiger partial charge on any atom is -0.353 e. The van der Waals surface area contributed by atoms with Crippen molar-refractivity contribution in [2.24, 2.45) is 0 Å². The SMILES string of the molecule is CN(C)C(=O)NCCNC(=O)CCl. The quantitative estimate of drug-likeness (QED) is 0.488. The lowest BCUT2D eigenvalue weighted by Gasteiger charge is -2.11. The van der Waals surface area contributed by atoms with Crippen molar-refractivity contribution >= 4 is 23.5 Å². The minimum absolute atomic E-state index is 0.0539. The number of carbonyl (C=O) groups excluding carboxylic acids is 2. The zero-order valence-corrected chi connectivity index (χ0v) is 8.52. The van der Waals surface area contributed by atoms with Gasteiger partial charge in [0.05, 0.1) is 0 Å². The highest BCUT2D eigenvalue weighted by molar-refractivity contribution is 6.27. The van der Waals surface area contributed by atoms with Crippen LogP contribution < -0.4 is 10.6 Å². The van der Waals surface area contributed by atoms with Gasteiger partial charge in [-0.3, -0.25) is 4.79 Å². The summed E-state index contributed by atoms with van der Waals surface area (Å²) in [5, 5.41) is 5.11. The minimum atomic E-state index is -0.235. The summed E-state index contributed by atoms with van der Waals surface area (Å²) in [7, 11) is 3.29. The molecule has 0 fully saturated rings. The summed E-state index contributed by atoms with van der Waals surface area (Å²) in [6, 6.07) is -0.180. The van der Waals surface area contributed by atoms with Crippen LogP contribution in [-0.2, 0) is 4.79 Å². The maximum Gasteiger partial charge on any atom is 0.316 e. The van der Waals surface area contributed by atoms with Crippen LogP contribution in [0.25, 0.3) is 0 Å². The van der Waals surface area contributed by atoms with Crippen molar-refractivity contribution in [1.82, 2.24) is 15.5 Å². The van der Waals surface area contributed by atoms with Crippen LogP contribution in [0.2, 0.25) is 0 Å². The van der Waals surface area contributed by atoms with Crippen molar-refractivity contribution in [3.8, 4) is 0 Å². The number of hydrogen-bond donors (Lipinski definition) is 2. The summed E-state index contributed by atoms with van der Waals surface area (Å²) in [6.45, 7) is 0.796. The summed E-state index contributed by atoms with van der Waals surface area (Å²) in [4.78, 5) is 23.0. The summed E-state index contributed by atoms with van der Waals surface area (Å²) < 4.78 is 0. The van der Waals surface area contributed by atoms with E-state index >= 15 is 0 Å². The number of urea groups is 1. The van der Waals surface area contributed by atoms with E-state index < -0.39 is 0 Å². The van der Waals surface area contributed by atoms with Gasteiger partial charge in [-0.1, -0.05) is 0 Å². The molecule has 0 aliphatic heterocycles. The van der Waals surface area contributed by atoms with Gasteiger partial charge in [0.1, 0.15) is 5.88 Å². The van der Waals surface area contributed by atoms with E-state index in [4.69, 9.17) is 11.6 Å². The molecule has 0 heterocycles. The fourth-order valence-corrected chi connectivity index (χ4v) is 0.671. The van der Waals surface area contributed by atoms with Gasteiger partial charge in [-0.15, -0.1) is 11.6 Å². The molecule has 2 N–H and O–H groups in total. The average Bonchev–Trinajstić information content (AvgIpc) is 2.11. The number of halogens is 1. The Kier molecular flexibility index (Phi) is 6.05. The largest absolute Gasteiger partial charge is 0.353 e. The Hall–Kier alpha value is -0.970. The van der Waals surface area contributed by atoms with Gasteiger partial charge < -0.3 is 15.5 Å². The second kappa shape index (κ2) is 6.54. The number of alkyl halides is 1. The Bertz CT molecular complexity index is 185. The van der Waals surface area contributed by atoms with E-state index in [0.29, 0.717) is 13.1 Å². The van der Waals surface area contributed by atoms with Crippen LogP contribution in [0.15, 0.2) is 0 Å². The van der Waals surface area contributed by atoms with E-state index in [9.17, 15) is 9.59 Å². The zero-order chi connectivity index (χ0) is 10.3. The third-order valence-electron chi connectivity index (χ3n) is 1.25. The van der Waals surface area contributed by atoms with E-state index in [1.54, 1.807) is 14.1 Å². The molecule has 6 heteroatoms. The number of hydrogen-bond acceptors (Lipinski definition) is 2. The zero-order valence-electron chi connectivity index (χ0n) is 7.76. The van der Waals surface area contributed by atoms with Crippen LogP contribution in [0, 0.1) is 0 Å². The van der Waals surface area contributed by atoms with Gasteiger partial charge in [0, 0.05) is 27.2 Å².